The molecular formula is C13H26N2O2. The zero-order chi connectivity index (χ0) is 11.9. The van der Waals surface area contributed by atoms with E-state index in [2.05, 4.69) is 17.3 Å². The lowest BCUT2D eigenvalue weighted by Crippen LogP contribution is -2.45. The number of hydrogen-bond donors (Lipinski definition) is 1. The summed E-state index contributed by atoms with van der Waals surface area (Å²) in [5.74, 6) is 0. The average molecular weight is 242 g/mol. The molecule has 1 saturated carbocycles. The highest BCUT2D eigenvalue weighted by Crippen LogP contribution is 2.20. The third-order valence-electron chi connectivity index (χ3n) is 3.65. The molecule has 0 amide bonds. The summed E-state index contributed by atoms with van der Waals surface area (Å²) in [6.07, 6.45) is 6.10. The molecule has 1 heterocycles. The predicted octanol–water partition coefficient (Wildman–Crippen LogP) is 0.866. The summed E-state index contributed by atoms with van der Waals surface area (Å²) in [6, 6.07) is 0. The van der Waals surface area contributed by atoms with Crippen LogP contribution < -0.4 is 5.32 Å². The van der Waals surface area contributed by atoms with Crippen LogP contribution in [0.15, 0.2) is 0 Å². The smallest absolute Gasteiger partial charge is 0.0826 e. The number of likely N-dealkylation sites (N-methyl/N-ethyl adjacent to an activating group) is 1. The Morgan fingerprint density at radius 3 is 2.94 bits per heavy atom. The maximum Gasteiger partial charge on any atom is 0.0826 e. The van der Waals surface area contributed by atoms with Crippen molar-refractivity contribution in [3.05, 3.63) is 0 Å². The molecule has 17 heavy (non-hydrogen) atoms. The second kappa shape index (κ2) is 7.31. The minimum Gasteiger partial charge on any atom is -0.377 e. The van der Waals surface area contributed by atoms with Crippen LogP contribution in [-0.4, -0.2) is 63.5 Å². The lowest BCUT2D eigenvalue weighted by Gasteiger charge is -2.30. The minimum atomic E-state index is 0.347. The molecule has 0 spiro atoms. The fourth-order valence-electron chi connectivity index (χ4n) is 2.61. The van der Waals surface area contributed by atoms with E-state index in [1.54, 1.807) is 0 Å². The van der Waals surface area contributed by atoms with Crippen LogP contribution in [0.1, 0.15) is 25.7 Å². The van der Waals surface area contributed by atoms with Gasteiger partial charge in [-0.3, -0.25) is 0 Å². The van der Waals surface area contributed by atoms with E-state index < -0.39 is 0 Å². The van der Waals surface area contributed by atoms with Gasteiger partial charge >= 0.3 is 0 Å². The number of nitrogens with one attached hydrogen (secondary N) is 1. The van der Waals surface area contributed by atoms with Gasteiger partial charge in [-0.25, -0.2) is 0 Å². The van der Waals surface area contributed by atoms with Crippen LogP contribution in [0.25, 0.3) is 0 Å². The maximum absolute atomic E-state index is 5.80. The van der Waals surface area contributed by atoms with Crippen LogP contribution in [0.4, 0.5) is 0 Å². The quantitative estimate of drug-likeness (QED) is 0.701. The number of hydrogen-bond acceptors (Lipinski definition) is 4. The largest absolute Gasteiger partial charge is 0.377 e. The molecule has 1 aliphatic heterocycles. The summed E-state index contributed by atoms with van der Waals surface area (Å²) in [7, 11) is 2.15. The van der Waals surface area contributed by atoms with Crippen molar-refractivity contribution in [2.24, 2.45) is 0 Å². The van der Waals surface area contributed by atoms with Crippen molar-refractivity contribution < 1.29 is 9.47 Å². The molecule has 0 aromatic heterocycles. The molecular weight excluding hydrogens is 216 g/mol. The first kappa shape index (κ1) is 13.3. The minimum absolute atomic E-state index is 0.347. The molecule has 1 aliphatic carbocycles. The van der Waals surface area contributed by atoms with E-state index in [1.807, 2.05) is 0 Å². The van der Waals surface area contributed by atoms with Crippen LogP contribution in [0.3, 0.4) is 0 Å². The molecule has 2 fully saturated rings. The summed E-state index contributed by atoms with van der Waals surface area (Å²) in [6.45, 7) is 5.69. The van der Waals surface area contributed by atoms with Gasteiger partial charge in [0.2, 0.25) is 0 Å². The summed E-state index contributed by atoms with van der Waals surface area (Å²) in [5.41, 5.74) is 0. The molecule has 1 N–H and O–H groups in total. The van der Waals surface area contributed by atoms with Gasteiger partial charge in [0.1, 0.15) is 0 Å². The van der Waals surface area contributed by atoms with Crippen molar-refractivity contribution in [3.8, 4) is 0 Å². The van der Waals surface area contributed by atoms with E-state index in [1.165, 1.54) is 25.7 Å². The molecule has 100 valence electrons. The molecule has 0 aromatic carbocycles. The number of nitrogens with zero attached hydrogens (tertiary/aromatic N) is 1. The molecule has 0 aromatic rings. The van der Waals surface area contributed by atoms with Crippen molar-refractivity contribution in [2.45, 2.75) is 37.9 Å². The predicted molar refractivity (Wildman–Crippen MR) is 68.3 cm³/mol. The van der Waals surface area contributed by atoms with Gasteiger partial charge in [0.25, 0.3) is 0 Å². The van der Waals surface area contributed by atoms with Crippen LogP contribution >= 0.6 is 0 Å². The Bertz CT molecular complexity index is 208. The fraction of sp³-hybridized carbons (Fsp3) is 1.00. The number of morpholine rings is 1. The number of ether oxygens (including phenoxy) is 2. The lowest BCUT2D eigenvalue weighted by molar-refractivity contribution is -0.0194. The van der Waals surface area contributed by atoms with E-state index in [0.29, 0.717) is 12.2 Å². The SMILES string of the molecule is CN1CCOC(CNCCOC2CCCC2)C1. The van der Waals surface area contributed by atoms with Crippen LogP contribution in [0.5, 0.6) is 0 Å². The zero-order valence-corrected chi connectivity index (χ0v) is 11.0. The standard InChI is InChI=1S/C13H26N2O2/c1-15-7-9-17-13(11-15)10-14-6-8-16-12-4-2-3-5-12/h12-14H,2-11H2,1H3. The van der Waals surface area contributed by atoms with E-state index in [0.717, 1.165) is 39.4 Å². The topological polar surface area (TPSA) is 33.7 Å². The molecule has 4 heteroatoms. The maximum atomic E-state index is 5.80. The van der Waals surface area contributed by atoms with Crippen LogP contribution in [0.2, 0.25) is 0 Å². The highest BCUT2D eigenvalue weighted by Gasteiger charge is 2.17. The molecule has 1 saturated heterocycles. The molecule has 2 rings (SSSR count). The highest BCUT2D eigenvalue weighted by molar-refractivity contribution is 4.71. The molecule has 0 radical (unpaired) electrons. The van der Waals surface area contributed by atoms with Crippen molar-refractivity contribution in [2.75, 3.05) is 46.4 Å². The van der Waals surface area contributed by atoms with Crippen molar-refractivity contribution >= 4 is 0 Å². The second-order valence-corrected chi connectivity index (χ2v) is 5.24. The van der Waals surface area contributed by atoms with Gasteiger partial charge in [-0.15, -0.1) is 0 Å². The van der Waals surface area contributed by atoms with Crippen molar-refractivity contribution in [3.63, 3.8) is 0 Å². The molecule has 1 atom stereocenters. The molecule has 1 unspecified atom stereocenters. The summed E-state index contributed by atoms with van der Waals surface area (Å²) in [4.78, 5) is 2.32. The van der Waals surface area contributed by atoms with E-state index >= 15 is 0 Å². The van der Waals surface area contributed by atoms with Gasteiger partial charge in [-0.05, 0) is 19.9 Å². The molecule has 0 bridgehead atoms. The summed E-state index contributed by atoms with van der Waals surface area (Å²) >= 11 is 0. The highest BCUT2D eigenvalue weighted by atomic mass is 16.5. The average Bonchev–Trinajstić information content (AvgIpc) is 2.82. The van der Waals surface area contributed by atoms with Crippen molar-refractivity contribution in [1.82, 2.24) is 10.2 Å². The second-order valence-electron chi connectivity index (χ2n) is 5.24. The Morgan fingerprint density at radius 1 is 1.35 bits per heavy atom. The number of rotatable bonds is 6. The monoisotopic (exact) mass is 242 g/mol. The molecule has 4 nitrogen and oxygen atoms in total. The molecule has 2 aliphatic rings. The van der Waals surface area contributed by atoms with Gasteiger partial charge in [-0.1, -0.05) is 12.8 Å². The van der Waals surface area contributed by atoms with Gasteiger partial charge in [-0.2, -0.15) is 0 Å². The first-order valence-electron chi connectivity index (χ1n) is 6.97. The van der Waals surface area contributed by atoms with E-state index in [9.17, 15) is 0 Å². The van der Waals surface area contributed by atoms with Gasteiger partial charge in [0.05, 0.1) is 25.4 Å². The lowest BCUT2D eigenvalue weighted by atomic mass is 10.3. The third kappa shape index (κ3) is 4.92. The zero-order valence-electron chi connectivity index (χ0n) is 11.0. The summed E-state index contributed by atoms with van der Waals surface area (Å²) < 4.78 is 11.5. The van der Waals surface area contributed by atoms with Gasteiger partial charge in [0, 0.05) is 26.2 Å². The fourth-order valence-corrected chi connectivity index (χ4v) is 2.61. The Morgan fingerprint density at radius 2 is 2.18 bits per heavy atom. The van der Waals surface area contributed by atoms with Gasteiger partial charge in [0.15, 0.2) is 0 Å². The Balaban J connectivity index is 1.45. The third-order valence-corrected chi connectivity index (χ3v) is 3.65. The Hall–Kier alpha value is -0.160. The van der Waals surface area contributed by atoms with E-state index in [4.69, 9.17) is 9.47 Å². The first-order valence-corrected chi connectivity index (χ1v) is 6.97. The summed E-state index contributed by atoms with van der Waals surface area (Å²) in [5, 5.41) is 3.42. The van der Waals surface area contributed by atoms with Gasteiger partial charge < -0.3 is 19.7 Å². The van der Waals surface area contributed by atoms with Crippen LogP contribution in [0, 0.1) is 0 Å². The normalized spacial score (nSPS) is 27.7. The Labute approximate surface area is 105 Å². The Kier molecular flexibility index (Phi) is 5.71. The first-order chi connectivity index (χ1) is 8.34. The van der Waals surface area contributed by atoms with Crippen LogP contribution in [-0.2, 0) is 9.47 Å². The van der Waals surface area contributed by atoms with E-state index in [-0.39, 0.29) is 0 Å². The van der Waals surface area contributed by atoms with Crippen molar-refractivity contribution in [1.29, 1.82) is 0 Å².